The van der Waals surface area contributed by atoms with Crippen LogP contribution in [0.4, 0.5) is 5.69 Å². The summed E-state index contributed by atoms with van der Waals surface area (Å²) in [6.45, 7) is 3.82. The van der Waals surface area contributed by atoms with Gasteiger partial charge in [0.25, 0.3) is 11.8 Å². The molecule has 23 heavy (non-hydrogen) atoms. The Kier molecular flexibility index (Phi) is 5.01. The Morgan fingerprint density at radius 3 is 2.26 bits per heavy atom. The van der Waals surface area contributed by atoms with Crippen molar-refractivity contribution in [3.63, 3.8) is 0 Å². The third-order valence-corrected chi connectivity index (χ3v) is 3.76. The van der Waals surface area contributed by atoms with Crippen molar-refractivity contribution in [2.45, 2.75) is 13.8 Å². The lowest BCUT2D eigenvalue weighted by Crippen LogP contribution is -2.42. The van der Waals surface area contributed by atoms with Gasteiger partial charge in [0, 0.05) is 30.9 Å². The Hall–Kier alpha value is -2.82. The highest BCUT2D eigenvalue weighted by atomic mass is 16.2. The normalized spacial score (nSPS) is 10.1. The molecule has 5 nitrogen and oxygen atoms in total. The minimum Gasteiger partial charge on any atom is -0.378 e. The smallest absolute Gasteiger partial charge is 0.269 e. The second-order valence-electron chi connectivity index (χ2n) is 5.60. The van der Waals surface area contributed by atoms with Gasteiger partial charge in [-0.2, -0.15) is 0 Å². The van der Waals surface area contributed by atoms with Crippen LogP contribution < -0.4 is 15.8 Å². The summed E-state index contributed by atoms with van der Waals surface area (Å²) in [6.07, 6.45) is 0. The molecule has 2 rings (SSSR count). The topological polar surface area (TPSA) is 61.4 Å². The van der Waals surface area contributed by atoms with E-state index < -0.39 is 0 Å². The number of nitrogens with one attached hydrogen (secondary N) is 2. The highest BCUT2D eigenvalue weighted by molar-refractivity contribution is 6.00. The van der Waals surface area contributed by atoms with E-state index in [0.717, 1.165) is 16.8 Å². The third kappa shape index (κ3) is 3.88. The summed E-state index contributed by atoms with van der Waals surface area (Å²) in [7, 11) is 3.80. The fourth-order valence-electron chi connectivity index (χ4n) is 2.18. The maximum absolute atomic E-state index is 12.2. The SMILES string of the molecule is Cc1cccc(C(=O)NNC(=O)c2cccc(N(C)C)c2)c1C. The number of benzene rings is 2. The number of carbonyl (C=O) groups excluding carboxylic acids is 2. The molecule has 0 aliphatic heterocycles. The first-order chi connectivity index (χ1) is 10.9. The Bertz CT molecular complexity index is 739. The van der Waals surface area contributed by atoms with Gasteiger partial charge in [0.1, 0.15) is 0 Å². The molecule has 2 amide bonds. The molecule has 0 unspecified atom stereocenters. The second kappa shape index (κ2) is 6.96. The van der Waals surface area contributed by atoms with Crippen LogP contribution in [0, 0.1) is 13.8 Å². The highest BCUT2D eigenvalue weighted by Crippen LogP contribution is 2.14. The van der Waals surface area contributed by atoms with Crippen molar-refractivity contribution in [3.8, 4) is 0 Å². The average Bonchev–Trinajstić information content (AvgIpc) is 2.55. The molecule has 0 spiro atoms. The maximum Gasteiger partial charge on any atom is 0.269 e. The van der Waals surface area contributed by atoms with E-state index in [-0.39, 0.29) is 11.8 Å². The molecule has 0 atom stereocenters. The van der Waals surface area contributed by atoms with Crippen LogP contribution in [0.1, 0.15) is 31.8 Å². The molecule has 0 saturated carbocycles. The van der Waals surface area contributed by atoms with Gasteiger partial charge in [0.2, 0.25) is 0 Å². The van der Waals surface area contributed by atoms with E-state index >= 15 is 0 Å². The number of hydrogen-bond donors (Lipinski definition) is 2. The van der Waals surface area contributed by atoms with Crippen molar-refractivity contribution in [3.05, 3.63) is 64.7 Å². The van der Waals surface area contributed by atoms with E-state index in [9.17, 15) is 9.59 Å². The summed E-state index contributed by atoms with van der Waals surface area (Å²) >= 11 is 0. The number of hydrogen-bond acceptors (Lipinski definition) is 3. The Morgan fingerprint density at radius 1 is 0.913 bits per heavy atom. The molecule has 0 aliphatic carbocycles. The van der Waals surface area contributed by atoms with Gasteiger partial charge in [-0.25, -0.2) is 0 Å². The van der Waals surface area contributed by atoms with Crippen molar-refractivity contribution >= 4 is 17.5 Å². The molecule has 2 aromatic carbocycles. The van der Waals surface area contributed by atoms with Crippen molar-refractivity contribution in [2.24, 2.45) is 0 Å². The van der Waals surface area contributed by atoms with Gasteiger partial charge >= 0.3 is 0 Å². The molecule has 0 aromatic heterocycles. The van der Waals surface area contributed by atoms with E-state index in [1.165, 1.54) is 0 Å². The number of rotatable bonds is 3. The molecule has 0 heterocycles. The molecule has 2 aromatic rings. The van der Waals surface area contributed by atoms with E-state index in [4.69, 9.17) is 0 Å². The van der Waals surface area contributed by atoms with Gasteiger partial charge in [0.05, 0.1) is 0 Å². The van der Waals surface area contributed by atoms with Gasteiger partial charge < -0.3 is 4.90 Å². The second-order valence-corrected chi connectivity index (χ2v) is 5.60. The first-order valence-electron chi connectivity index (χ1n) is 7.34. The zero-order valence-electron chi connectivity index (χ0n) is 13.8. The van der Waals surface area contributed by atoms with Crippen molar-refractivity contribution < 1.29 is 9.59 Å². The van der Waals surface area contributed by atoms with Gasteiger partial charge in [-0.3, -0.25) is 20.4 Å². The lowest BCUT2D eigenvalue weighted by Gasteiger charge is -2.14. The molecule has 2 N–H and O–H groups in total. The molecule has 0 bridgehead atoms. The van der Waals surface area contributed by atoms with Crippen LogP contribution in [0.2, 0.25) is 0 Å². The van der Waals surface area contributed by atoms with Gasteiger partial charge in [-0.15, -0.1) is 0 Å². The number of anilines is 1. The Balaban J connectivity index is 2.05. The zero-order chi connectivity index (χ0) is 17.0. The Labute approximate surface area is 136 Å². The number of nitrogens with zero attached hydrogens (tertiary/aromatic N) is 1. The van der Waals surface area contributed by atoms with Crippen LogP contribution >= 0.6 is 0 Å². The van der Waals surface area contributed by atoms with Crippen molar-refractivity contribution in [1.82, 2.24) is 10.9 Å². The summed E-state index contributed by atoms with van der Waals surface area (Å²) in [5, 5.41) is 0. The van der Waals surface area contributed by atoms with Crippen LogP contribution in [-0.4, -0.2) is 25.9 Å². The van der Waals surface area contributed by atoms with Gasteiger partial charge in [0.15, 0.2) is 0 Å². The number of amides is 2. The molecule has 120 valence electrons. The molecule has 0 fully saturated rings. The standard InChI is InChI=1S/C18H21N3O2/c1-12-7-5-10-16(13(12)2)18(23)20-19-17(22)14-8-6-9-15(11-14)21(3)4/h5-11H,1-4H3,(H,19,22)(H,20,23). The fraction of sp³-hybridized carbons (Fsp3) is 0.222. The minimum absolute atomic E-state index is 0.330. The van der Waals surface area contributed by atoms with Gasteiger partial charge in [-0.05, 0) is 49.2 Å². The van der Waals surface area contributed by atoms with Crippen LogP contribution in [0.3, 0.4) is 0 Å². The van der Waals surface area contributed by atoms with Crippen molar-refractivity contribution in [2.75, 3.05) is 19.0 Å². The lowest BCUT2D eigenvalue weighted by molar-refractivity contribution is 0.0846. The molecule has 0 aliphatic rings. The van der Waals surface area contributed by atoms with Crippen LogP contribution in [0.25, 0.3) is 0 Å². The Morgan fingerprint density at radius 2 is 1.57 bits per heavy atom. The first kappa shape index (κ1) is 16.5. The molecular weight excluding hydrogens is 290 g/mol. The van der Waals surface area contributed by atoms with E-state index in [1.807, 2.05) is 51.0 Å². The average molecular weight is 311 g/mol. The monoisotopic (exact) mass is 311 g/mol. The number of carbonyl (C=O) groups is 2. The predicted molar refractivity (Wildman–Crippen MR) is 91.6 cm³/mol. The fourth-order valence-corrected chi connectivity index (χ4v) is 2.18. The lowest BCUT2D eigenvalue weighted by atomic mass is 10.0. The minimum atomic E-state index is -0.354. The largest absolute Gasteiger partial charge is 0.378 e. The number of aryl methyl sites for hydroxylation is 1. The van der Waals surface area contributed by atoms with Crippen LogP contribution in [0.5, 0.6) is 0 Å². The highest BCUT2D eigenvalue weighted by Gasteiger charge is 2.12. The molecule has 0 saturated heterocycles. The third-order valence-electron chi connectivity index (χ3n) is 3.76. The van der Waals surface area contributed by atoms with Crippen LogP contribution in [0.15, 0.2) is 42.5 Å². The quantitative estimate of drug-likeness (QED) is 0.856. The molecule has 5 heteroatoms. The van der Waals surface area contributed by atoms with E-state index in [0.29, 0.717) is 11.1 Å². The summed E-state index contributed by atoms with van der Waals surface area (Å²) < 4.78 is 0. The molecule has 0 radical (unpaired) electrons. The van der Waals surface area contributed by atoms with Crippen molar-refractivity contribution in [1.29, 1.82) is 0 Å². The first-order valence-corrected chi connectivity index (χ1v) is 7.34. The summed E-state index contributed by atoms with van der Waals surface area (Å²) in [5.41, 5.74) is 8.79. The van der Waals surface area contributed by atoms with Gasteiger partial charge in [-0.1, -0.05) is 18.2 Å². The van der Waals surface area contributed by atoms with E-state index in [1.54, 1.807) is 24.3 Å². The summed E-state index contributed by atoms with van der Waals surface area (Å²) in [6, 6.07) is 12.7. The predicted octanol–water partition coefficient (Wildman–Crippen LogP) is 2.44. The summed E-state index contributed by atoms with van der Waals surface area (Å²) in [5.74, 6) is -0.685. The maximum atomic E-state index is 12.2. The zero-order valence-corrected chi connectivity index (χ0v) is 13.8. The van der Waals surface area contributed by atoms with E-state index in [2.05, 4.69) is 10.9 Å². The van der Waals surface area contributed by atoms with Crippen LogP contribution in [-0.2, 0) is 0 Å². The number of hydrazine groups is 1. The molecular formula is C18H21N3O2. The summed E-state index contributed by atoms with van der Waals surface area (Å²) in [4.78, 5) is 26.3.